The smallest absolute Gasteiger partial charge is 0.271 e. The van der Waals surface area contributed by atoms with Crippen LogP contribution in [0.4, 0.5) is 0 Å². The van der Waals surface area contributed by atoms with Crippen molar-refractivity contribution in [1.82, 2.24) is 10.7 Å². The number of hydrogen-bond acceptors (Lipinski definition) is 4. The van der Waals surface area contributed by atoms with Gasteiger partial charge in [0.25, 0.3) is 5.91 Å². The zero-order chi connectivity index (χ0) is 19.0. The van der Waals surface area contributed by atoms with Crippen LogP contribution in [0.1, 0.15) is 35.2 Å². The van der Waals surface area contributed by atoms with Crippen molar-refractivity contribution in [2.45, 2.75) is 25.0 Å². The summed E-state index contributed by atoms with van der Waals surface area (Å²) in [6.07, 6.45) is 0.573. The number of hydrazone groups is 1. The molecule has 4 rings (SSSR count). The number of ether oxygens (including phenoxy) is 1. The second-order valence-electron chi connectivity index (χ2n) is 6.99. The number of nitrogens with two attached hydrogens (primary N) is 1. The summed E-state index contributed by atoms with van der Waals surface area (Å²) in [5.41, 5.74) is 9.18. The van der Waals surface area contributed by atoms with Crippen LogP contribution in [0.2, 0.25) is 0 Å². The van der Waals surface area contributed by atoms with Crippen LogP contribution in [0.3, 0.4) is 0 Å². The van der Waals surface area contributed by atoms with Gasteiger partial charge < -0.3 is 15.8 Å². The fourth-order valence-corrected chi connectivity index (χ4v) is 3.77. The van der Waals surface area contributed by atoms with E-state index >= 15 is 0 Å². The molecule has 1 fully saturated rings. The highest BCUT2D eigenvalue weighted by atomic mass is 16.5. The Morgan fingerprint density at radius 1 is 1.22 bits per heavy atom. The fourth-order valence-electron chi connectivity index (χ4n) is 3.77. The number of carbonyl (C=O) groups excluding carboxylic acids is 2. The second-order valence-corrected chi connectivity index (χ2v) is 6.99. The third kappa shape index (κ3) is 3.12. The van der Waals surface area contributed by atoms with Crippen LogP contribution in [0.5, 0.6) is 5.75 Å². The molecule has 2 bridgehead atoms. The maximum atomic E-state index is 12.7. The lowest BCUT2D eigenvalue weighted by Crippen LogP contribution is -2.62. The summed E-state index contributed by atoms with van der Waals surface area (Å²) in [7, 11) is 0. The molecule has 2 aliphatic rings. The minimum Gasteiger partial charge on any atom is -0.468 e. The summed E-state index contributed by atoms with van der Waals surface area (Å²) in [6.45, 7) is 1.84. The van der Waals surface area contributed by atoms with Crippen LogP contribution in [0.15, 0.2) is 59.7 Å². The standard InChI is InChI=1S/C20H20N4O3/c1-20-11-14(13-9-5-6-10-15(13)27-20)16(19(26)22-20)17(21)23-24-18(25)12-7-3-2-4-8-12/h2-10,14,16H,11H2,1H3,(H2,21,23)(H,22,26)(H,24,25)/t14-,16+,20-/m1/s1. The number of para-hydroxylation sites is 1. The van der Waals surface area contributed by atoms with Crippen molar-refractivity contribution < 1.29 is 14.3 Å². The second kappa shape index (κ2) is 6.42. The number of rotatable bonds is 3. The Balaban J connectivity index is 1.61. The van der Waals surface area contributed by atoms with Crippen molar-refractivity contribution in [2.24, 2.45) is 16.8 Å². The number of piperidine rings is 1. The van der Waals surface area contributed by atoms with Crippen molar-refractivity contribution in [2.75, 3.05) is 0 Å². The van der Waals surface area contributed by atoms with Gasteiger partial charge in [-0.2, -0.15) is 5.10 Å². The van der Waals surface area contributed by atoms with Gasteiger partial charge in [-0.15, -0.1) is 0 Å². The normalized spacial score (nSPS) is 26.4. The van der Waals surface area contributed by atoms with E-state index in [4.69, 9.17) is 10.5 Å². The van der Waals surface area contributed by atoms with Crippen molar-refractivity contribution in [3.05, 3.63) is 65.7 Å². The molecule has 0 spiro atoms. The largest absolute Gasteiger partial charge is 0.468 e. The zero-order valence-electron chi connectivity index (χ0n) is 14.8. The van der Waals surface area contributed by atoms with Gasteiger partial charge in [0.05, 0.1) is 0 Å². The average molecular weight is 364 g/mol. The SMILES string of the molecule is C[C@]12C[C@H](c3ccccc3O1)[C@@H](C(N)=NNC(=O)c1ccccc1)C(=O)N2. The number of amidine groups is 1. The zero-order valence-corrected chi connectivity index (χ0v) is 14.8. The Morgan fingerprint density at radius 3 is 2.70 bits per heavy atom. The first-order valence-corrected chi connectivity index (χ1v) is 8.75. The Kier molecular flexibility index (Phi) is 4.07. The molecule has 0 aliphatic carbocycles. The Bertz CT molecular complexity index is 928. The van der Waals surface area contributed by atoms with Crippen molar-refractivity contribution in [3.8, 4) is 5.75 Å². The van der Waals surface area contributed by atoms with Crippen LogP contribution in [-0.4, -0.2) is 23.4 Å². The van der Waals surface area contributed by atoms with E-state index in [1.54, 1.807) is 24.3 Å². The molecule has 1 saturated heterocycles. The van der Waals surface area contributed by atoms with E-state index in [0.717, 1.165) is 11.3 Å². The van der Waals surface area contributed by atoms with E-state index in [-0.39, 0.29) is 23.6 Å². The van der Waals surface area contributed by atoms with Gasteiger partial charge in [0, 0.05) is 17.9 Å². The minimum absolute atomic E-state index is 0.0699. The van der Waals surface area contributed by atoms with Crippen molar-refractivity contribution in [1.29, 1.82) is 0 Å². The first kappa shape index (κ1) is 17.1. The minimum atomic E-state index is -0.778. The van der Waals surface area contributed by atoms with Crippen molar-refractivity contribution >= 4 is 17.6 Å². The molecule has 7 heteroatoms. The molecule has 2 amide bonds. The summed E-state index contributed by atoms with van der Waals surface area (Å²) >= 11 is 0. The molecule has 138 valence electrons. The van der Waals surface area contributed by atoms with Gasteiger partial charge in [-0.05, 0) is 30.7 Å². The highest BCUT2D eigenvalue weighted by molar-refractivity contribution is 6.05. The molecular weight excluding hydrogens is 344 g/mol. The summed E-state index contributed by atoms with van der Waals surface area (Å²) in [5.74, 6) is -0.710. The molecule has 0 unspecified atom stereocenters. The van der Waals surface area contributed by atoms with Gasteiger partial charge in [0.2, 0.25) is 5.91 Å². The number of nitrogens with zero attached hydrogens (tertiary/aromatic N) is 1. The van der Waals surface area contributed by atoms with E-state index in [1.165, 1.54) is 0 Å². The average Bonchev–Trinajstić information content (AvgIpc) is 2.66. The molecule has 2 aliphatic heterocycles. The molecule has 4 N–H and O–H groups in total. The van der Waals surface area contributed by atoms with Gasteiger partial charge in [-0.25, -0.2) is 5.43 Å². The molecular formula is C20H20N4O3. The molecule has 2 heterocycles. The lowest BCUT2D eigenvalue weighted by Gasteiger charge is -2.46. The predicted octanol–water partition coefficient (Wildman–Crippen LogP) is 1.72. The number of amides is 2. The molecule has 27 heavy (non-hydrogen) atoms. The summed E-state index contributed by atoms with van der Waals surface area (Å²) in [4.78, 5) is 24.9. The maximum absolute atomic E-state index is 12.7. The monoisotopic (exact) mass is 364 g/mol. The molecule has 0 aromatic heterocycles. The molecule has 2 aromatic rings. The lowest BCUT2D eigenvalue weighted by atomic mass is 9.74. The summed E-state index contributed by atoms with van der Waals surface area (Å²) < 4.78 is 5.96. The van der Waals surface area contributed by atoms with Crippen LogP contribution in [0.25, 0.3) is 0 Å². The van der Waals surface area contributed by atoms with Gasteiger partial charge in [0.15, 0.2) is 5.72 Å². The summed E-state index contributed by atoms with van der Waals surface area (Å²) in [6, 6.07) is 16.3. The van der Waals surface area contributed by atoms with E-state index in [1.807, 2.05) is 37.3 Å². The van der Waals surface area contributed by atoms with E-state index in [0.29, 0.717) is 12.0 Å². The molecule has 2 aromatic carbocycles. The Hall–Kier alpha value is -3.35. The van der Waals surface area contributed by atoms with Crippen LogP contribution in [-0.2, 0) is 4.79 Å². The Labute approximate surface area is 156 Å². The molecule has 3 atom stereocenters. The first-order valence-electron chi connectivity index (χ1n) is 8.75. The van der Waals surface area contributed by atoms with Gasteiger partial charge in [-0.1, -0.05) is 36.4 Å². The third-order valence-electron chi connectivity index (χ3n) is 4.98. The van der Waals surface area contributed by atoms with Gasteiger partial charge >= 0.3 is 0 Å². The summed E-state index contributed by atoms with van der Waals surface area (Å²) in [5, 5.41) is 6.89. The highest BCUT2D eigenvalue weighted by Gasteiger charge is 2.50. The lowest BCUT2D eigenvalue weighted by molar-refractivity contribution is -0.136. The quantitative estimate of drug-likeness (QED) is 0.438. The highest BCUT2D eigenvalue weighted by Crippen LogP contribution is 2.46. The topological polar surface area (TPSA) is 106 Å². The van der Waals surface area contributed by atoms with Crippen LogP contribution >= 0.6 is 0 Å². The molecule has 0 radical (unpaired) electrons. The maximum Gasteiger partial charge on any atom is 0.271 e. The predicted molar refractivity (Wildman–Crippen MR) is 100.0 cm³/mol. The number of benzene rings is 2. The van der Waals surface area contributed by atoms with E-state index in [9.17, 15) is 9.59 Å². The molecule has 0 saturated carbocycles. The van der Waals surface area contributed by atoms with Gasteiger partial charge in [0.1, 0.15) is 17.5 Å². The first-order chi connectivity index (χ1) is 13.0. The van der Waals surface area contributed by atoms with Crippen molar-refractivity contribution in [3.63, 3.8) is 0 Å². The van der Waals surface area contributed by atoms with Crippen LogP contribution in [0, 0.1) is 5.92 Å². The fraction of sp³-hybridized carbons (Fsp3) is 0.250. The van der Waals surface area contributed by atoms with Gasteiger partial charge in [-0.3, -0.25) is 9.59 Å². The number of fused-ring (bicyclic) bond motifs is 4. The number of hydrogen-bond donors (Lipinski definition) is 3. The van der Waals surface area contributed by atoms with E-state index in [2.05, 4.69) is 15.8 Å². The Morgan fingerprint density at radius 2 is 1.93 bits per heavy atom. The van der Waals surface area contributed by atoms with E-state index < -0.39 is 11.6 Å². The molecule has 7 nitrogen and oxygen atoms in total. The third-order valence-corrected chi connectivity index (χ3v) is 4.98. The number of carbonyl (C=O) groups is 2. The number of nitrogens with one attached hydrogen (secondary N) is 2. The van der Waals surface area contributed by atoms with Crippen LogP contribution < -0.4 is 21.2 Å².